The molecular formula is C13H18F3N3S. The van der Waals surface area contributed by atoms with Gasteiger partial charge in [0.25, 0.3) is 0 Å². The zero-order valence-corrected chi connectivity index (χ0v) is 12.3. The Kier molecular flexibility index (Phi) is 4.80. The zero-order valence-electron chi connectivity index (χ0n) is 11.5. The summed E-state index contributed by atoms with van der Waals surface area (Å²) in [5.41, 5.74) is -0.643. The van der Waals surface area contributed by atoms with E-state index in [1.165, 1.54) is 6.07 Å². The molecule has 0 saturated carbocycles. The number of pyridine rings is 1. The molecule has 0 spiro atoms. The molecule has 1 atom stereocenters. The van der Waals surface area contributed by atoms with Gasteiger partial charge >= 0.3 is 6.18 Å². The van der Waals surface area contributed by atoms with Gasteiger partial charge < -0.3 is 10.2 Å². The number of nitrogens with zero attached hydrogens (tertiary/aromatic N) is 2. The lowest BCUT2D eigenvalue weighted by Gasteiger charge is -2.35. The highest BCUT2D eigenvalue weighted by Crippen LogP contribution is 2.37. The van der Waals surface area contributed by atoms with E-state index >= 15 is 0 Å². The van der Waals surface area contributed by atoms with Crippen LogP contribution in [0.2, 0.25) is 0 Å². The molecule has 2 rings (SSSR count). The van der Waals surface area contributed by atoms with E-state index in [-0.39, 0.29) is 11.1 Å². The summed E-state index contributed by atoms with van der Waals surface area (Å²) >= 11 is 1.13. The Labute approximate surface area is 120 Å². The molecule has 1 N–H and O–H groups in total. The van der Waals surface area contributed by atoms with Crippen molar-refractivity contribution in [3.05, 3.63) is 17.7 Å². The number of piperazine rings is 1. The van der Waals surface area contributed by atoms with Gasteiger partial charge in [-0.1, -0.05) is 6.92 Å². The molecule has 1 aliphatic heterocycles. The smallest absolute Gasteiger partial charge is 0.351 e. The fraction of sp³-hybridized carbons (Fsp3) is 0.615. The Hall–Kier alpha value is -0.950. The predicted molar refractivity (Wildman–Crippen MR) is 75.3 cm³/mol. The second-order valence-electron chi connectivity index (χ2n) is 4.70. The first kappa shape index (κ1) is 15.4. The third-order valence-electron chi connectivity index (χ3n) is 3.23. The molecule has 1 aromatic heterocycles. The summed E-state index contributed by atoms with van der Waals surface area (Å²) in [5, 5.41) is 3.33. The van der Waals surface area contributed by atoms with E-state index in [2.05, 4.69) is 15.2 Å². The van der Waals surface area contributed by atoms with Crippen molar-refractivity contribution < 1.29 is 13.2 Å². The number of alkyl halides is 3. The van der Waals surface area contributed by atoms with Crippen LogP contribution in [0, 0.1) is 0 Å². The van der Waals surface area contributed by atoms with Crippen molar-refractivity contribution in [1.82, 2.24) is 10.3 Å². The molecule has 0 aromatic carbocycles. The van der Waals surface area contributed by atoms with Crippen molar-refractivity contribution in [3.63, 3.8) is 0 Å². The minimum absolute atomic E-state index is 0.0724. The van der Waals surface area contributed by atoms with E-state index in [4.69, 9.17) is 0 Å². The first-order valence-corrected chi connectivity index (χ1v) is 7.60. The zero-order chi connectivity index (χ0) is 14.8. The monoisotopic (exact) mass is 305 g/mol. The molecule has 0 radical (unpaired) electrons. The minimum atomic E-state index is -4.35. The Balaban J connectivity index is 2.34. The number of aromatic nitrogens is 1. The molecular weight excluding hydrogens is 287 g/mol. The first-order valence-electron chi connectivity index (χ1n) is 6.62. The molecule has 0 bridgehead atoms. The van der Waals surface area contributed by atoms with Gasteiger partial charge in [-0.25, -0.2) is 4.98 Å². The standard InChI is InChI=1S/C13H18F3N3S/c1-3-20-12-10(13(14,15)16)4-5-11(18-12)19-7-6-17-8-9(19)2/h4-5,9,17H,3,6-8H2,1-2H3/t9-/m1/s1. The van der Waals surface area contributed by atoms with Crippen LogP contribution in [-0.4, -0.2) is 36.4 Å². The van der Waals surface area contributed by atoms with Gasteiger partial charge in [0.2, 0.25) is 0 Å². The van der Waals surface area contributed by atoms with Crippen molar-refractivity contribution in [2.45, 2.75) is 31.1 Å². The van der Waals surface area contributed by atoms with E-state index in [0.717, 1.165) is 37.5 Å². The summed E-state index contributed by atoms with van der Waals surface area (Å²) < 4.78 is 38.8. The lowest BCUT2D eigenvalue weighted by Crippen LogP contribution is -2.50. The van der Waals surface area contributed by atoms with E-state index in [1.807, 2.05) is 13.8 Å². The minimum Gasteiger partial charge on any atom is -0.351 e. The topological polar surface area (TPSA) is 28.2 Å². The Morgan fingerprint density at radius 3 is 2.80 bits per heavy atom. The third-order valence-corrected chi connectivity index (χ3v) is 4.10. The number of nitrogens with one attached hydrogen (secondary N) is 1. The molecule has 7 heteroatoms. The Bertz CT molecular complexity index is 465. The molecule has 0 aliphatic carbocycles. The van der Waals surface area contributed by atoms with Gasteiger partial charge in [0.1, 0.15) is 10.8 Å². The molecule has 112 valence electrons. The lowest BCUT2D eigenvalue weighted by atomic mass is 10.2. The quantitative estimate of drug-likeness (QED) is 0.869. The molecule has 0 amide bonds. The number of hydrogen-bond donors (Lipinski definition) is 1. The van der Waals surface area contributed by atoms with Gasteiger partial charge in [-0.05, 0) is 24.8 Å². The fourth-order valence-electron chi connectivity index (χ4n) is 2.23. The number of hydrogen-bond acceptors (Lipinski definition) is 4. The van der Waals surface area contributed by atoms with Crippen molar-refractivity contribution in [1.29, 1.82) is 0 Å². The summed E-state index contributed by atoms with van der Waals surface area (Å²) in [6.07, 6.45) is -4.35. The second-order valence-corrected chi connectivity index (χ2v) is 5.95. The van der Waals surface area contributed by atoms with Crippen LogP contribution in [0.15, 0.2) is 17.2 Å². The van der Waals surface area contributed by atoms with Crippen molar-refractivity contribution in [2.75, 3.05) is 30.3 Å². The highest BCUT2D eigenvalue weighted by atomic mass is 32.2. The van der Waals surface area contributed by atoms with Crippen molar-refractivity contribution in [3.8, 4) is 0 Å². The molecule has 3 nitrogen and oxygen atoms in total. The highest BCUT2D eigenvalue weighted by molar-refractivity contribution is 7.99. The number of rotatable bonds is 3. The van der Waals surface area contributed by atoms with Crippen LogP contribution in [-0.2, 0) is 6.18 Å². The van der Waals surface area contributed by atoms with Crippen LogP contribution < -0.4 is 10.2 Å². The summed E-state index contributed by atoms with van der Waals surface area (Å²) in [4.78, 5) is 6.30. The maximum atomic E-state index is 12.9. The van der Waals surface area contributed by atoms with Gasteiger partial charge in [-0.2, -0.15) is 13.2 Å². The Morgan fingerprint density at radius 2 is 2.20 bits per heavy atom. The van der Waals surface area contributed by atoms with Gasteiger partial charge in [0, 0.05) is 25.7 Å². The van der Waals surface area contributed by atoms with Gasteiger partial charge in [0.15, 0.2) is 0 Å². The van der Waals surface area contributed by atoms with Crippen LogP contribution in [0.25, 0.3) is 0 Å². The Morgan fingerprint density at radius 1 is 1.45 bits per heavy atom. The first-order chi connectivity index (χ1) is 9.43. The van der Waals surface area contributed by atoms with Crippen LogP contribution in [0.5, 0.6) is 0 Å². The van der Waals surface area contributed by atoms with E-state index < -0.39 is 11.7 Å². The van der Waals surface area contributed by atoms with E-state index in [1.54, 1.807) is 0 Å². The number of anilines is 1. The fourth-order valence-corrected chi connectivity index (χ4v) is 3.01. The van der Waals surface area contributed by atoms with Crippen LogP contribution in [0.3, 0.4) is 0 Å². The van der Waals surface area contributed by atoms with Crippen molar-refractivity contribution >= 4 is 17.6 Å². The van der Waals surface area contributed by atoms with Gasteiger partial charge in [0.05, 0.1) is 5.56 Å². The molecule has 20 heavy (non-hydrogen) atoms. The van der Waals surface area contributed by atoms with Gasteiger partial charge in [-0.15, -0.1) is 11.8 Å². The lowest BCUT2D eigenvalue weighted by molar-refractivity contribution is -0.140. The highest BCUT2D eigenvalue weighted by Gasteiger charge is 2.35. The largest absolute Gasteiger partial charge is 0.419 e. The average molecular weight is 305 g/mol. The summed E-state index contributed by atoms with van der Waals surface area (Å²) in [5.74, 6) is 1.19. The molecule has 2 heterocycles. The number of thioether (sulfide) groups is 1. The third kappa shape index (κ3) is 3.38. The van der Waals surface area contributed by atoms with E-state index in [9.17, 15) is 13.2 Å². The normalized spacial score (nSPS) is 20.2. The van der Waals surface area contributed by atoms with Crippen LogP contribution >= 0.6 is 11.8 Å². The maximum Gasteiger partial charge on any atom is 0.419 e. The molecule has 0 unspecified atom stereocenters. The molecule has 1 saturated heterocycles. The van der Waals surface area contributed by atoms with Crippen LogP contribution in [0.4, 0.5) is 19.0 Å². The predicted octanol–water partition coefficient (Wildman–Crippen LogP) is 3.01. The summed E-state index contributed by atoms with van der Waals surface area (Å²) in [6, 6.07) is 2.85. The molecule has 1 fully saturated rings. The summed E-state index contributed by atoms with van der Waals surface area (Å²) in [7, 11) is 0. The average Bonchev–Trinajstić information content (AvgIpc) is 2.38. The number of halogens is 3. The van der Waals surface area contributed by atoms with E-state index in [0.29, 0.717) is 11.6 Å². The molecule has 1 aromatic rings. The maximum absolute atomic E-state index is 12.9. The van der Waals surface area contributed by atoms with Gasteiger partial charge in [-0.3, -0.25) is 0 Å². The molecule has 1 aliphatic rings. The second kappa shape index (κ2) is 6.22. The van der Waals surface area contributed by atoms with Crippen molar-refractivity contribution in [2.24, 2.45) is 0 Å². The van der Waals surface area contributed by atoms with Crippen LogP contribution in [0.1, 0.15) is 19.4 Å². The summed E-state index contributed by atoms with van der Waals surface area (Å²) in [6.45, 7) is 6.27. The SMILES string of the molecule is CCSc1nc(N2CCNC[C@H]2C)ccc1C(F)(F)F.